The molecule has 3 rings (SSSR count). The Bertz CT molecular complexity index is 962. The maximum Gasteiger partial charge on any atom is 0.247 e. The number of alkyl halides is 1. The molecule has 2 aromatic carbocycles. The number of carbonyl (C=O) groups excluding carboxylic acids is 2. The number of nitrogens with one attached hydrogen (secondary N) is 1. The van der Waals surface area contributed by atoms with Crippen molar-refractivity contribution in [1.29, 1.82) is 0 Å². The van der Waals surface area contributed by atoms with Crippen molar-refractivity contribution in [2.75, 3.05) is 19.5 Å². The molecular formula is C24H25ClN2O3S. The zero-order chi connectivity index (χ0) is 22.1. The Hall–Kier alpha value is -2.83. The summed E-state index contributed by atoms with van der Waals surface area (Å²) in [6.45, 7) is 0.781. The van der Waals surface area contributed by atoms with Gasteiger partial charge in [0.25, 0.3) is 0 Å². The lowest BCUT2D eigenvalue weighted by Crippen LogP contribution is -2.44. The van der Waals surface area contributed by atoms with Crippen LogP contribution in [-0.4, -0.2) is 36.2 Å². The molecule has 0 saturated carbocycles. The second-order valence-electron chi connectivity index (χ2n) is 6.94. The highest BCUT2D eigenvalue weighted by Gasteiger charge is 2.31. The van der Waals surface area contributed by atoms with E-state index < -0.39 is 6.04 Å². The Morgan fingerprint density at radius 2 is 1.81 bits per heavy atom. The average Bonchev–Trinajstić information content (AvgIpc) is 3.32. The molecule has 0 bridgehead atoms. The van der Waals surface area contributed by atoms with Gasteiger partial charge in [0.15, 0.2) is 0 Å². The van der Waals surface area contributed by atoms with Gasteiger partial charge in [0.05, 0.1) is 13.7 Å². The van der Waals surface area contributed by atoms with Gasteiger partial charge in [-0.25, -0.2) is 0 Å². The van der Waals surface area contributed by atoms with Crippen LogP contribution < -0.4 is 10.1 Å². The van der Waals surface area contributed by atoms with E-state index in [1.807, 2.05) is 60.0 Å². The van der Waals surface area contributed by atoms with Crippen LogP contribution in [0.3, 0.4) is 0 Å². The number of thiophene rings is 1. The van der Waals surface area contributed by atoms with Gasteiger partial charge < -0.3 is 15.0 Å². The van der Waals surface area contributed by atoms with Crippen molar-refractivity contribution in [2.24, 2.45) is 0 Å². The third kappa shape index (κ3) is 6.32. The van der Waals surface area contributed by atoms with Crippen LogP contribution in [0.1, 0.15) is 22.0 Å². The van der Waals surface area contributed by atoms with E-state index in [0.717, 1.165) is 10.4 Å². The highest BCUT2D eigenvalue weighted by Crippen LogP contribution is 2.27. The monoisotopic (exact) mass is 456 g/mol. The fraction of sp³-hybridized carbons (Fsp3) is 0.250. The normalized spacial score (nSPS) is 11.5. The molecule has 0 saturated heterocycles. The topological polar surface area (TPSA) is 58.6 Å². The first kappa shape index (κ1) is 22.8. The minimum absolute atomic E-state index is 0.199. The Balaban J connectivity index is 1.84. The molecule has 0 unspecified atom stereocenters. The van der Waals surface area contributed by atoms with Crippen LogP contribution in [0.4, 0.5) is 0 Å². The molecule has 0 radical (unpaired) electrons. The third-order valence-electron chi connectivity index (χ3n) is 4.89. The molecule has 162 valence electrons. The lowest BCUT2D eigenvalue weighted by molar-refractivity contribution is -0.139. The predicted molar refractivity (Wildman–Crippen MR) is 124 cm³/mol. The van der Waals surface area contributed by atoms with Crippen LogP contribution in [-0.2, 0) is 22.6 Å². The summed E-state index contributed by atoms with van der Waals surface area (Å²) in [6.07, 6.45) is 0.705. The molecule has 5 nitrogen and oxygen atoms in total. The summed E-state index contributed by atoms with van der Waals surface area (Å²) in [7, 11) is 1.59. The van der Waals surface area contributed by atoms with E-state index in [-0.39, 0.29) is 17.7 Å². The van der Waals surface area contributed by atoms with Gasteiger partial charge >= 0.3 is 0 Å². The molecule has 0 spiro atoms. The maximum absolute atomic E-state index is 13.3. The van der Waals surface area contributed by atoms with Crippen molar-refractivity contribution < 1.29 is 14.3 Å². The number of rotatable bonds is 10. The van der Waals surface area contributed by atoms with E-state index in [0.29, 0.717) is 30.8 Å². The van der Waals surface area contributed by atoms with Gasteiger partial charge in [-0.1, -0.05) is 48.5 Å². The number of benzene rings is 2. The molecule has 7 heteroatoms. The number of methoxy groups -OCH3 is 1. The highest BCUT2D eigenvalue weighted by molar-refractivity contribution is 7.09. The summed E-state index contributed by atoms with van der Waals surface area (Å²) in [5, 5.41) is 4.94. The zero-order valence-corrected chi connectivity index (χ0v) is 18.9. The van der Waals surface area contributed by atoms with E-state index >= 15 is 0 Å². The Labute approximate surface area is 191 Å². The quantitative estimate of drug-likeness (QED) is 0.459. The van der Waals surface area contributed by atoms with Crippen LogP contribution in [0.15, 0.2) is 72.1 Å². The molecule has 0 fully saturated rings. The number of hydrogen-bond acceptors (Lipinski definition) is 4. The van der Waals surface area contributed by atoms with Crippen LogP contribution in [0.2, 0.25) is 0 Å². The number of carbonyl (C=O) groups is 2. The van der Waals surface area contributed by atoms with E-state index in [9.17, 15) is 9.59 Å². The van der Waals surface area contributed by atoms with Crippen LogP contribution >= 0.6 is 22.9 Å². The molecule has 31 heavy (non-hydrogen) atoms. The Kier molecular flexibility index (Phi) is 8.50. The molecule has 1 aromatic heterocycles. The number of amides is 2. The summed E-state index contributed by atoms with van der Waals surface area (Å²) in [6, 6.07) is 20.2. The molecule has 1 N–H and O–H groups in total. The molecule has 1 heterocycles. The first-order valence-corrected chi connectivity index (χ1v) is 11.4. The summed E-state index contributed by atoms with van der Waals surface area (Å²) >= 11 is 7.45. The van der Waals surface area contributed by atoms with Gasteiger partial charge in [-0.2, -0.15) is 0 Å². The SMILES string of the molecule is COc1ccc([C@@H](C(=O)NCCc2ccccc2)N(Cc2cccs2)C(=O)CCl)cc1. The van der Waals surface area contributed by atoms with Gasteiger partial charge in [-0.05, 0) is 41.1 Å². The number of hydrogen-bond donors (Lipinski definition) is 1. The first-order valence-electron chi connectivity index (χ1n) is 9.95. The molecule has 0 aliphatic rings. The maximum atomic E-state index is 13.3. The fourth-order valence-corrected chi connectivity index (χ4v) is 4.16. The molecule has 2 amide bonds. The molecular weight excluding hydrogens is 432 g/mol. The van der Waals surface area contributed by atoms with E-state index in [1.54, 1.807) is 24.1 Å². The molecule has 3 aromatic rings. The van der Waals surface area contributed by atoms with Crippen LogP contribution in [0.5, 0.6) is 5.75 Å². The minimum Gasteiger partial charge on any atom is -0.497 e. The number of ether oxygens (including phenoxy) is 1. The molecule has 0 aliphatic carbocycles. The van der Waals surface area contributed by atoms with Crippen LogP contribution in [0.25, 0.3) is 0 Å². The minimum atomic E-state index is -0.796. The van der Waals surface area contributed by atoms with Crippen LogP contribution in [0, 0.1) is 0 Å². The summed E-state index contributed by atoms with van der Waals surface area (Å²) < 4.78 is 5.24. The van der Waals surface area contributed by atoms with E-state index in [2.05, 4.69) is 5.32 Å². The second kappa shape index (κ2) is 11.5. The van der Waals surface area contributed by atoms with Gasteiger partial charge in [-0.15, -0.1) is 22.9 Å². The average molecular weight is 457 g/mol. The summed E-state index contributed by atoms with van der Waals surface area (Å²) in [4.78, 5) is 28.6. The Morgan fingerprint density at radius 1 is 1.06 bits per heavy atom. The number of halogens is 1. The van der Waals surface area contributed by atoms with Crippen molar-refractivity contribution >= 4 is 34.8 Å². The van der Waals surface area contributed by atoms with Gasteiger partial charge in [0.1, 0.15) is 17.7 Å². The standard InChI is InChI=1S/C24H25ClN2O3S/c1-30-20-11-9-19(10-12-20)23(24(29)26-14-13-18-6-3-2-4-7-18)27(22(28)16-25)17-21-8-5-15-31-21/h2-12,15,23H,13-14,16-17H2,1H3,(H,26,29)/t23-/m0/s1. The molecule has 0 aliphatic heterocycles. The van der Waals surface area contributed by atoms with Crippen molar-refractivity contribution in [1.82, 2.24) is 10.2 Å². The summed E-state index contributed by atoms with van der Waals surface area (Å²) in [5.74, 6) is -0.0549. The number of nitrogens with zero attached hydrogens (tertiary/aromatic N) is 1. The van der Waals surface area contributed by atoms with Crippen molar-refractivity contribution in [3.63, 3.8) is 0 Å². The van der Waals surface area contributed by atoms with Gasteiger partial charge in [0, 0.05) is 11.4 Å². The van der Waals surface area contributed by atoms with E-state index in [4.69, 9.17) is 16.3 Å². The van der Waals surface area contributed by atoms with Crippen molar-refractivity contribution in [2.45, 2.75) is 19.0 Å². The lowest BCUT2D eigenvalue weighted by atomic mass is 10.0. The second-order valence-corrected chi connectivity index (χ2v) is 8.24. The van der Waals surface area contributed by atoms with Gasteiger partial charge in [-0.3, -0.25) is 9.59 Å². The predicted octanol–water partition coefficient (Wildman–Crippen LogP) is 4.42. The largest absolute Gasteiger partial charge is 0.497 e. The summed E-state index contributed by atoms with van der Waals surface area (Å²) in [5.41, 5.74) is 1.84. The van der Waals surface area contributed by atoms with Crippen molar-refractivity contribution in [3.8, 4) is 5.75 Å². The first-order chi connectivity index (χ1) is 15.1. The van der Waals surface area contributed by atoms with E-state index in [1.165, 1.54) is 11.3 Å². The zero-order valence-electron chi connectivity index (χ0n) is 17.3. The van der Waals surface area contributed by atoms with Crippen molar-refractivity contribution in [3.05, 3.63) is 88.1 Å². The fourth-order valence-electron chi connectivity index (χ4n) is 3.30. The highest BCUT2D eigenvalue weighted by atomic mass is 35.5. The molecule has 1 atom stereocenters. The van der Waals surface area contributed by atoms with Gasteiger partial charge in [0.2, 0.25) is 11.8 Å². The lowest BCUT2D eigenvalue weighted by Gasteiger charge is -2.30. The third-order valence-corrected chi connectivity index (χ3v) is 5.98. The Morgan fingerprint density at radius 3 is 2.42 bits per heavy atom. The smallest absolute Gasteiger partial charge is 0.247 e.